The van der Waals surface area contributed by atoms with E-state index in [1.807, 2.05) is 35.7 Å². The fourth-order valence-electron chi connectivity index (χ4n) is 3.41. The first-order valence-electron chi connectivity index (χ1n) is 10.4. The molecule has 0 unspecified atom stereocenters. The first kappa shape index (κ1) is 22.9. The average molecular weight is 468 g/mol. The van der Waals surface area contributed by atoms with Gasteiger partial charge in [0.05, 0.1) is 25.7 Å². The van der Waals surface area contributed by atoms with Gasteiger partial charge in [0.1, 0.15) is 22.1 Å². The summed E-state index contributed by atoms with van der Waals surface area (Å²) in [4.78, 5) is 19.6. The molecule has 0 saturated heterocycles. The van der Waals surface area contributed by atoms with E-state index >= 15 is 0 Å². The summed E-state index contributed by atoms with van der Waals surface area (Å²) in [6, 6.07) is 13.1. The summed E-state index contributed by atoms with van der Waals surface area (Å²) in [6.07, 6.45) is 0. The van der Waals surface area contributed by atoms with E-state index in [1.165, 1.54) is 11.3 Å². The van der Waals surface area contributed by atoms with Crippen LogP contribution in [0.1, 0.15) is 10.4 Å². The van der Waals surface area contributed by atoms with Gasteiger partial charge in [-0.05, 0) is 42.5 Å². The van der Waals surface area contributed by atoms with Gasteiger partial charge >= 0.3 is 0 Å². The third-order valence-corrected chi connectivity index (χ3v) is 6.11. The summed E-state index contributed by atoms with van der Waals surface area (Å²) in [7, 11) is 4.87. The average Bonchev–Trinajstić information content (AvgIpc) is 3.50. The Bertz CT molecular complexity index is 1210. The van der Waals surface area contributed by atoms with E-state index in [0.29, 0.717) is 48.8 Å². The lowest BCUT2D eigenvalue weighted by Gasteiger charge is -2.22. The molecular weight excluding hydrogens is 442 g/mol. The summed E-state index contributed by atoms with van der Waals surface area (Å²) in [5.41, 5.74) is 3.44. The number of fused-ring (bicyclic) bond motifs is 1. The molecule has 4 rings (SSSR count). The molecule has 0 N–H and O–H groups in total. The van der Waals surface area contributed by atoms with Gasteiger partial charge in [0.2, 0.25) is 0 Å². The van der Waals surface area contributed by atoms with E-state index in [-0.39, 0.29) is 5.91 Å². The Morgan fingerprint density at radius 1 is 1.03 bits per heavy atom. The molecule has 4 aromatic rings. The number of nitrogens with zero attached hydrogens (tertiary/aromatic N) is 3. The molecule has 8 nitrogen and oxygen atoms in total. The van der Waals surface area contributed by atoms with Crippen molar-refractivity contribution in [2.45, 2.75) is 0 Å². The van der Waals surface area contributed by atoms with Crippen LogP contribution in [-0.2, 0) is 9.47 Å². The third kappa shape index (κ3) is 5.05. The van der Waals surface area contributed by atoms with E-state index < -0.39 is 0 Å². The van der Waals surface area contributed by atoms with Gasteiger partial charge in [0.15, 0.2) is 5.58 Å². The number of benzene rings is 2. The van der Waals surface area contributed by atoms with Crippen LogP contribution < -0.4 is 4.74 Å². The summed E-state index contributed by atoms with van der Waals surface area (Å²) in [5.74, 6) is 0.690. The van der Waals surface area contributed by atoms with Crippen LogP contribution in [0.5, 0.6) is 5.75 Å². The van der Waals surface area contributed by atoms with Crippen LogP contribution in [0.2, 0.25) is 0 Å². The topological polar surface area (TPSA) is 86.9 Å². The number of amides is 1. The van der Waals surface area contributed by atoms with Crippen molar-refractivity contribution in [3.8, 4) is 27.7 Å². The maximum absolute atomic E-state index is 13.2. The Morgan fingerprint density at radius 2 is 1.76 bits per heavy atom. The quantitative estimate of drug-likeness (QED) is 0.342. The molecule has 2 heterocycles. The zero-order valence-corrected chi connectivity index (χ0v) is 19.6. The van der Waals surface area contributed by atoms with Gasteiger partial charge in [-0.3, -0.25) is 4.79 Å². The number of ether oxygens (including phenoxy) is 3. The maximum Gasteiger partial charge on any atom is 0.254 e. The predicted molar refractivity (Wildman–Crippen MR) is 127 cm³/mol. The lowest BCUT2D eigenvalue weighted by atomic mass is 10.1. The molecule has 172 valence electrons. The summed E-state index contributed by atoms with van der Waals surface area (Å²) >= 11 is 1.52. The number of aromatic nitrogens is 2. The molecule has 0 aliphatic heterocycles. The highest BCUT2D eigenvalue weighted by molar-refractivity contribution is 7.13. The minimum atomic E-state index is -0.102. The summed E-state index contributed by atoms with van der Waals surface area (Å²) in [5, 5.41) is 7.77. The van der Waals surface area contributed by atoms with E-state index in [1.54, 1.807) is 38.4 Å². The second-order valence-corrected chi connectivity index (χ2v) is 8.14. The van der Waals surface area contributed by atoms with E-state index in [9.17, 15) is 4.79 Å². The molecule has 0 bridgehead atoms. The van der Waals surface area contributed by atoms with Crippen molar-refractivity contribution in [1.82, 2.24) is 15.0 Å². The third-order valence-electron chi connectivity index (χ3n) is 5.22. The highest BCUT2D eigenvalue weighted by Crippen LogP contribution is 2.33. The van der Waals surface area contributed by atoms with Crippen LogP contribution in [0.3, 0.4) is 0 Å². The normalized spacial score (nSPS) is 11.1. The zero-order chi connectivity index (χ0) is 23.2. The molecule has 0 atom stereocenters. The lowest BCUT2D eigenvalue weighted by Crippen LogP contribution is -2.36. The zero-order valence-electron chi connectivity index (χ0n) is 18.7. The molecule has 1 amide bonds. The molecule has 2 aromatic carbocycles. The molecule has 0 aliphatic rings. The van der Waals surface area contributed by atoms with Gasteiger partial charge in [-0.25, -0.2) is 4.98 Å². The Balaban J connectivity index is 1.63. The monoisotopic (exact) mass is 467 g/mol. The smallest absolute Gasteiger partial charge is 0.254 e. The summed E-state index contributed by atoms with van der Waals surface area (Å²) in [6.45, 7) is 1.85. The van der Waals surface area contributed by atoms with Gasteiger partial charge in [0.25, 0.3) is 5.91 Å². The number of hydrogen-bond donors (Lipinski definition) is 0. The van der Waals surface area contributed by atoms with E-state index in [2.05, 4.69) is 5.16 Å². The highest BCUT2D eigenvalue weighted by atomic mass is 32.1. The van der Waals surface area contributed by atoms with Gasteiger partial charge in [0, 0.05) is 43.8 Å². The van der Waals surface area contributed by atoms with Gasteiger partial charge < -0.3 is 23.6 Å². The number of thiazole rings is 1. The van der Waals surface area contributed by atoms with Crippen LogP contribution in [0.25, 0.3) is 32.9 Å². The molecular formula is C24H25N3O5S. The minimum Gasteiger partial charge on any atom is -0.497 e. The van der Waals surface area contributed by atoms with Gasteiger partial charge in [-0.2, -0.15) is 0 Å². The fraction of sp³-hybridized carbons (Fsp3) is 0.292. The standard InChI is InChI=1S/C24H25N3O5S/c1-29-12-10-27(11-13-30-2)24(28)17-6-9-21-19(14-17)22(26-32-21)20-15-33-23(25-20)16-4-7-18(31-3)8-5-16/h4-9,14-15H,10-13H2,1-3H3. The fourth-order valence-corrected chi connectivity index (χ4v) is 4.22. The van der Waals surface area contributed by atoms with Crippen molar-refractivity contribution in [3.63, 3.8) is 0 Å². The maximum atomic E-state index is 13.2. The molecule has 0 fully saturated rings. The predicted octanol–water partition coefficient (Wildman–Crippen LogP) is 4.36. The van der Waals surface area contributed by atoms with Crippen LogP contribution in [0, 0.1) is 0 Å². The second kappa shape index (κ2) is 10.6. The molecule has 0 radical (unpaired) electrons. The largest absolute Gasteiger partial charge is 0.497 e. The van der Waals surface area contributed by atoms with Crippen molar-refractivity contribution in [2.75, 3.05) is 47.6 Å². The number of carbonyl (C=O) groups is 1. The van der Waals surface area contributed by atoms with Gasteiger partial charge in [-0.15, -0.1) is 11.3 Å². The highest BCUT2D eigenvalue weighted by Gasteiger charge is 2.20. The first-order chi connectivity index (χ1) is 16.1. The minimum absolute atomic E-state index is 0.102. The van der Waals surface area contributed by atoms with Crippen LogP contribution >= 0.6 is 11.3 Å². The van der Waals surface area contributed by atoms with E-state index in [0.717, 1.165) is 21.7 Å². The Kier molecular flexibility index (Phi) is 7.33. The summed E-state index contributed by atoms with van der Waals surface area (Å²) < 4.78 is 21.0. The van der Waals surface area contributed by atoms with Crippen molar-refractivity contribution < 1.29 is 23.5 Å². The van der Waals surface area contributed by atoms with Crippen molar-refractivity contribution in [3.05, 3.63) is 53.4 Å². The van der Waals surface area contributed by atoms with Crippen LogP contribution in [0.4, 0.5) is 0 Å². The Hall–Kier alpha value is -3.27. The number of rotatable bonds is 10. The molecule has 0 spiro atoms. The molecule has 0 saturated carbocycles. The van der Waals surface area contributed by atoms with Gasteiger partial charge in [-0.1, -0.05) is 5.16 Å². The Morgan fingerprint density at radius 3 is 2.42 bits per heavy atom. The number of carbonyl (C=O) groups excluding carboxylic acids is 1. The second-order valence-electron chi connectivity index (χ2n) is 7.29. The lowest BCUT2D eigenvalue weighted by molar-refractivity contribution is 0.0627. The first-order valence-corrected chi connectivity index (χ1v) is 11.3. The van der Waals surface area contributed by atoms with Crippen molar-refractivity contribution >= 4 is 28.2 Å². The Labute approximate surface area is 195 Å². The molecule has 33 heavy (non-hydrogen) atoms. The van der Waals surface area contributed by atoms with Crippen molar-refractivity contribution in [1.29, 1.82) is 0 Å². The molecule has 0 aliphatic carbocycles. The SMILES string of the molecule is COCCN(CCOC)C(=O)c1ccc2onc(-c3csc(-c4ccc(OC)cc4)n3)c2c1. The molecule has 2 aromatic heterocycles. The number of methoxy groups -OCH3 is 3. The van der Waals surface area contributed by atoms with Crippen molar-refractivity contribution in [2.24, 2.45) is 0 Å². The molecule has 9 heteroatoms. The van der Waals surface area contributed by atoms with Crippen LogP contribution in [-0.4, -0.2) is 68.6 Å². The number of hydrogen-bond acceptors (Lipinski definition) is 8. The van der Waals surface area contributed by atoms with Crippen LogP contribution in [0.15, 0.2) is 52.4 Å². The van der Waals surface area contributed by atoms with E-state index in [4.69, 9.17) is 23.7 Å².